The number of aromatic hydroxyl groups is 1. The average molecular weight is 476 g/mol. The monoisotopic (exact) mass is 476 g/mol. The molecule has 0 heterocycles. The summed E-state index contributed by atoms with van der Waals surface area (Å²) in [5, 5.41) is 8.76. The van der Waals surface area contributed by atoms with Crippen LogP contribution in [0.2, 0.25) is 0 Å². The van der Waals surface area contributed by atoms with Crippen molar-refractivity contribution in [1.82, 2.24) is 0 Å². The number of phenolic OH excluding ortho intramolecular Hbond substituents is 1. The summed E-state index contributed by atoms with van der Waals surface area (Å²) < 4.78 is 0. The molecule has 1 aromatic carbocycles. The van der Waals surface area contributed by atoms with Crippen molar-refractivity contribution in [1.29, 1.82) is 0 Å². The van der Waals surface area contributed by atoms with Crippen LogP contribution in [0.4, 0.5) is 0 Å². The van der Waals surface area contributed by atoms with E-state index in [1.165, 1.54) is 5.56 Å². The maximum Gasteiger partial charge on any atom is 0.115 e. The Morgan fingerprint density at radius 3 is 1.70 bits per heavy atom. The summed E-state index contributed by atoms with van der Waals surface area (Å²) >= 11 is 0. The second-order valence-corrected chi connectivity index (χ2v) is 1.84. The van der Waals surface area contributed by atoms with Crippen molar-refractivity contribution in [3.05, 3.63) is 29.8 Å². The second kappa shape index (κ2) is 6.13. The molecule has 54 valence electrons. The summed E-state index contributed by atoms with van der Waals surface area (Å²) in [7, 11) is 0. The van der Waals surface area contributed by atoms with Gasteiger partial charge in [-0.25, -0.2) is 0 Å². The van der Waals surface area contributed by atoms with E-state index in [9.17, 15) is 0 Å². The Morgan fingerprint density at radius 2 is 1.40 bits per heavy atom. The Labute approximate surface area is 89.4 Å². The summed E-state index contributed by atoms with van der Waals surface area (Å²) in [5.74, 6) is 0.329. The topological polar surface area (TPSA) is 20.2 Å². The van der Waals surface area contributed by atoms with Gasteiger partial charge in [0.25, 0.3) is 0 Å². The van der Waals surface area contributed by atoms with Gasteiger partial charge < -0.3 is 5.11 Å². The van der Waals surface area contributed by atoms with Crippen molar-refractivity contribution in [3.8, 4) is 5.75 Å². The third-order valence-electron chi connectivity index (χ3n) is 1.03. The Morgan fingerprint density at radius 1 is 1.00 bits per heavy atom. The molecular weight excluding hydrogens is 468 g/mol. The maximum atomic E-state index is 8.76. The molecule has 0 unspecified atom stereocenters. The summed E-state index contributed by atoms with van der Waals surface area (Å²) in [4.78, 5) is 0. The van der Waals surface area contributed by atoms with E-state index < -0.39 is 0 Å². The van der Waals surface area contributed by atoms with Crippen molar-refractivity contribution >= 4 is 0 Å². The van der Waals surface area contributed by atoms with Gasteiger partial charge in [0.2, 0.25) is 0 Å². The number of benzene rings is 1. The van der Waals surface area contributed by atoms with Crippen molar-refractivity contribution in [3.63, 3.8) is 0 Å². The van der Waals surface area contributed by atoms with E-state index in [1.54, 1.807) is 12.1 Å². The molecule has 0 fully saturated rings. The Balaban J connectivity index is 0. The van der Waals surface area contributed by atoms with Crippen molar-refractivity contribution in [2.75, 3.05) is 0 Å². The van der Waals surface area contributed by atoms with Gasteiger partial charge in [0.1, 0.15) is 5.75 Å². The van der Waals surface area contributed by atoms with Gasteiger partial charge >= 0.3 is 0 Å². The summed E-state index contributed by atoms with van der Waals surface area (Å²) in [6.45, 7) is 1.99. The van der Waals surface area contributed by atoms with Crippen LogP contribution in [0, 0.1) is 6.92 Å². The molecule has 0 atom stereocenters. The molecule has 0 aliphatic carbocycles. The van der Waals surface area contributed by atoms with Crippen molar-refractivity contribution < 1.29 is 47.2 Å². The van der Waals surface area contributed by atoms with E-state index in [1.807, 2.05) is 19.1 Å². The van der Waals surface area contributed by atoms with E-state index >= 15 is 0 Å². The molecule has 0 radical (unpaired) electrons. The van der Waals surface area contributed by atoms with E-state index in [0.717, 1.165) is 0 Å². The minimum atomic E-state index is 0. The number of hydrogen-bond donors (Lipinski definition) is 1. The Kier molecular flexibility index (Phi) is 7.98. The van der Waals surface area contributed by atoms with Crippen LogP contribution < -0.4 is 0 Å². The molecule has 10 heavy (non-hydrogen) atoms. The summed E-state index contributed by atoms with van der Waals surface area (Å²) in [6.07, 6.45) is 0. The van der Waals surface area contributed by atoms with Crippen LogP contribution in [-0.2, 0) is 42.1 Å². The Hall–Kier alpha value is 0.397. The second-order valence-electron chi connectivity index (χ2n) is 1.84. The molecule has 0 aliphatic rings. The van der Waals surface area contributed by atoms with Crippen LogP contribution in [0.15, 0.2) is 24.3 Å². The fraction of sp³-hybridized carbons (Fsp3) is 0.143. The molecule has 0 saturated heterocycles. The van der Waals surface area contributed by atoms with Crippen LogP contribution in [0.25, 0.3) is 0 Å². The van der Waals surface area contributed by atoms with E-state index in [4.69, 9.17) is 5.11 Å². The average Bonchev–Trinajstić information content (AvgIpc) is 1.77. The zero-order valence-electron chi connectivity index (χ0n) is 5.57. The molecule has 0 spiro atoms. The first-order chi connectivity index (χ1) is 3.79. The first-order valence-electron chi connectivity index (χ1n) is 2.54. The third-order valence-corrected chi connectivity index (χ3v) is 1.03. The van der Waals surface area contributed by atoms with E-state index in [0.29, 0.717) is 5.75 Å². The first-order valence-corrected chi connectivity index (χ1v) is 2.54. The molecule has 0 amide bonds. The molecule has 1 N–H and O–H groups in total. The zero-order valence-corrected chi connectivity index (χ0v) is 11.4. The van der Waals surface area contributed by atoms with Gasteiger partial charge in [-0.1, -0.05) is 17.7 Å². The number of phenols is 1. The fourth-order valence-electron chi connectivity index (χ4n) is 0.545. The van der Waals surface area contributed by atoms with Crippen molar-refractivity contribution in [2.24, 2.45) is 0 Å². The van der Waals surface area contributed by atoms with Crippen LogP contribution in [0.5, 0.6) is 5.75 Å². The van der Waals surface area contributed by atoms with Gasteiger partial charge in [-0.05, 0) is 19.1 Å². The SMILES string of the molecule is Cc1ccc(O)cc1.[W].[W]. The fourth-order valence-corrected chi connectivity index (χ4v) is 0.545. The summed E-state index contributed by atoms with van der Waals surface area (Å²) in [6, 6.07) is 7.09. The van der Waals surface area contributed by atoms with Gasteiger partial charge in [0.15, 0.2) is 0 Å². The molecule has 0 bridgehead atoms. The largest absolute Gasteiger partial charge is 0.508 e. The molecule has 0 aliphatic heterocycles. The molecular formula is C7H8OW2. The normalized spacial score (nSPS) is 7.30. The minimum absolute atomic E-state index is 0. The molecule has 0 saturated carbocycles. The summed E-state index contributed by atoms with van der Waals surface area (Å²) in [5.41, 5.74) is 1.17. The predicted octanol–water partition coefficient (Wildman–Crippen LogP) is 1.70. The van der Waals surface area contributed by atoms with E-state index in [2.05, 4.69) is 0 Å². The quantitative estimate of drug-likeness (QED) is 0.606. The van der Waals surface area contributed by atoms with Gasteiger partial charge in [0.05, 0.1) is 0 Å². The molecule has 1 aromatic rings. The van der Waals surface area contributed by atoms with Crippen LogP contribution in [-0.4, -0.2) is 5.11 Å². The molecule has 3 heteroatoms. The standard InChI is InChI=1S/C7H8O.2W/c1-6-2-4-7(8)5-3-6;;/h2-5,8H,1H3;;. The number of hydrogen-bond acceptors (Lipinski definition) is 1. The number of rotatable bonds is 0. The zero-order chi connectivity index (χ0) is 5.98. The third kappa shape index (κ3) is 4.25. The smallest absolute Gasteiger partial charge is 0.115 e. The van der Waals surface area contributed by atoms with Gasteiger partial charge in [-0.3, -0.25) is 0 Å². The van der Waals surface area contributed by atoms with Gasteiger partial charge in [-0.2, -0.15) is 0 Å². The first kappa shape index (κ1) is 13.0. The Bertz CT molecular complexity index is 150. The van der Waals surface area contributed by atoms with Gasteiger partial charge in [0, 0.05) is 42.1 Å². The van der Waals surface area contributed by atoms with E-state index in [-0.39, 0.29) is 42.1 Å². The number of aryl methyl sites for hydroxylation is 1. The predicted molar refractivity (Wildman–Crippen MR) is 32.8 cm³/mol. The molecule has 0 aromatic heterocycles. The van der Waals surface area contributed by atoms with Gasteiger partial charge in [-0.15, -0.1) is 0 Å². The van der Waals surface area contributed by atoms with Crippen LogP contribution in [0.3, 0.4) is 0 Å². The van der Waals surface area contributed by atoms with Crippen LogP contribution in [0.1, 0.15) is 5.56 Å². The molecule has 1 rings (SSSR count). The van der Waals surface area contributed by atoms with Crippen molar-refractivity contribution in [2.45, 2.75) is 6.92 Å². The molecule has 1 nitrogen and oxygen atoms in total. The minimum Gasteiger partial charge on any atom is -0.508 e. The maximum absolute atomic E-state index is 8.76. The van der Waals surface area contributed by atoms with Crippen LogP contribution >= 0.6 is 0 Å².